The quantitative estimate of drug-likeness (QED) is 0.426. The Labute approximate surface area is 138 Å². The van der Waals surface area contributed by atoms with Crippen molar-refractivity contribution in [2.24, 2.45) is 5.92 Å². The average Bonchev–Trinajstić information content (AvgIpc) is 2.50. The van der Waals surface area contributed by atoms with Crippen LogP contribution >= 0.6 is 0 Å². The topological polar surface area (TPSA) is 49.3 Å². The van der Waals surface area contributed by atoms with E-state index in [9.17, 15) is 9.90 Å². The number of carbonyl (C=O) groups is 1. The number of unbranched alkanes of at least 4 members (excludes halogenated alkanes) is 10. The van der Waals surface area contributed by atoms with Gasteiger partial charge in [0.1, 0.15) is 0 Å². The van der Waals surface area contributed by atoms with Gasteiger partial charge in [-0.25, -0.2) is 0 Å². The largest absolute Gasteiger partial charge is 0.394 e. The molecule has 0 radical (unpaired) electrons. The summed E-state index contributed by atoms with van der Waals surface area (Å²) in [6.07, 6.45) is 14.9. The molecule has 0 rings (SSSR count). The second-order valence-corrected chi connectivity index (χ2v) is 6.89. The van der Waals surface area contributed by atoms with Gasteiger partial charge in [0, 0.05) is 6.42 Å². The Hall–Kier alpha value is -0.570. The number of nitrogens with one attached hydrogen (secondary N) is 1. The third kappa shape index (κ3) is 13.1. The third-order valence-corrected chi connectivity index (χ3v) is 4.36. The van der Waals surface area contributed by atoms with Crippen LogP contribution in [0.3, 0.4) is 0 Å². The van der Waals surface area contributed by atoms with E-state index in [1.165, 1.54) is 57.8 Å². The van der Waals surface area contributed by atoms with Gasteiger partial charge in [-0.2, -0.15) is 0 Å². The molecule has 0 aliphatic heterocycles. The van der Waals surface area contributed by atoms with E-state index in [1.54, 1.807) is 0 Å². The van der Waals surface area contributed by atoms with Crippen LogP contribution in [0.5, 0.6) is 0 Å². The molecule has 22 heavy (non-hydrogen) atoms. The molecule has 132 valence electrons. The average molecular weight is 314 g/mol. The number of carbonyl (C=O) groups excluding carboxylic acids is 1. The maximum atomic E-state index is 11.8. The maximum absolute atomic E-state index is 11.8. The van der Waals surface area contributed by atoms with Crippen molar-refractivity contribution in [1.29, 1.82) is 0 Å². The highest BCUT2D eigenvalue weighted by atomic mass is 16.3. The fourth-order valence-electron chi connectivity index (χ4n) is 2.65. The van der Waals surface area contributed by atoms with Gasteiger partial charge in [-0.1, -0.05) is 85.0 Å². The number of amides is 1. The highest BCUT2D eigenvalue weighted by Crippen LogP contribution is 2.12. The van der Waals surface area contributed by atoms with Gasteiger partial charge in [0.2, 0.25) is 5.91 Å². The van der Waals surface area contributed by atoms with Crippen LogP contribution in [0.1, 0.15) is 97.8 Å². The Balaban J connectivity index is 3.33. The molecule has 3 nitrogen and oxygen atoms in total. The summed E-state index contributed by atoms with van der Waals surface area (Å²) in [7, 11) is 0. The van der Waals surface area contributed by atoms with Crippen molar-refractivity contribution in [2.45, 2.75) is 104 Å². The second kappa shape index (κ2) is 15.3. The molecule has 0 saturated heterocycles. The van der Waals surface area contributed by atoms with Gasteiger partial charge in [-0.05, 0) is 12.3 Å². The first-order valence-corrected chi connectivity index (χ1v) is 9.52. The molecule has 0 aliphatic carbocycles. The van der Waals surface area contributed by atoms with Crippen LogP contribution in [0.15, 0.2) is 0 Å². The van der Waals surface area contributed by atoms with Crippen molar-refractivity contribution in [3.8, 4) is 0 Å². The predicted molar refractivity (Wildman–Crippen MR) is 94.9 cm³/mol. The molecule has 2 N–H and O–H groups in total. The lowest BCUT2D eigenvalue weighted by atomic mass is 10.0. The Kier molecular flexibility index (Phi) is 14.9. The monoisotopic (exact) mass is 313 g/mol. The van der Waals surface area contributed by atoms with Crippen molar-refractivity contribution in [1.82, 2.24) is 5.32 Å². The molecule has 0 fully saturated rings. The van der Waals surface area contributed by atoms with Gasteiger partial charge in [-0.3, -0.25) is 4.79 Å². The first-order valence-electron chi connectivity index (χ1n) is 9.52. The van der Waals surface area contributed by atoms with Gasteiger partial charge >= 0.3 is 0 Å². The van der Waals surface area contributed by atoms with Crippen LogP contribution in [0, 0.1) is 5.92 Å². The molecular weight excluding hydrogens is 274 g/mol. The molecule has 0 aliphatic rings. The number of rotatable bonds is 15. The maximum Gasteiger partial charge on any atom is 0.220 e. The molecule has 0 spiro atoms. The van der Waals surface area contributed by atoms with E-state index in [1.807, 2.05) is 13.8 Å². The molecule has 3 heteroatoms. The minimum Gasteiger partial charge on any atom is -0.394 e. The Bertz CT molecular complexity index is 254. The molecule has 1 amide bonds. The van der Waals surface area contributed by atoms with Gasteiger partial charge in [0.25, 0.3) is 0 Å². The van der Waals surface area contributed by atoms with E-state index in [2.05, 4.69) is 12.2 Å². The zero-order valence-electron chi connectivity index (χ0n) is 15.2. The molecule has 0 heterocycles. The second-order valence-electron chi connectivity index (χ2n) is 6.89. The van der Waals surface area contributed by atoms with Crippen LogP contribution in [-0.4, -0.2) is 23.7 Å². The van der Waals surface area contributed by atoms with Gasteiger partial charge < -0.3 is 10.4 Å². The normalized spacial score (nSPS) is 12.6. The first-order chi connectivity index (χ1) is 10.6. The van der Waals surface area contributed by atoms with Gasteiger partial charge in [0.15, 0.2) is 0 Å². The smallest absolute Gasteiger partial charge is 0.220 e. The zero-order chi connectivity index (χ0) is 16.6. The van der Waals surface area contributed by atoms with E-state index in [-0.39, 0.29) is 24.5 Å². The molecule has 0 aromatic heterocycles. The van der Waals surface area contributed by atoms with E-state index < -0.39 is 0 Å². The summed E-state index contributed by atoms with van der Waals surface area (Å²) >= 11 is 0. The van der Waals surface area contributed by atoms with Crippen molar-refractivity contribution in [2.75, 3.05) is 6.61 Å². The number of aliphatic hydroxyl groups is 1. The molecule has 0 saturated carbocycles. The highest BCUT2D eigenvalue weighted by Gasteiger charge is 2.14. The van der Waals surface area contributed by atoms with Gasteiger partial charge in [-0.15, -0.1) is 0 Å². The van der Waals surface area contributed by atoms with Crippen LogP contribution in [-0.2, 0) is 4.79 Å². The summed E-state index contributed by atoms with van der Waals surface area (Å²) in [6.45, 7) is 6.32. The fourth-order valence-corrected chi connectivity index (χ4v) is 2.65. The number of hydrogen-bond donors (Lipinski definition) is 2. The van der Waals surface area contributed by atoms with Crippen molar-refractivity contribution < 1.29 is 9.90 Å². The molecule has 1 atom stereocenters. The molecule has 0 aromatic rings. The summed E-state index contributed by atoms with van der Waals surface area (Å²) in [5.41, 5.74) is 0. The molecule has 0 bridgehead atoms. The molecular formula is C19H39NO2. The first kappa shape index (κ1) is 21.4. The lowest BCUT2D eigenvalue weighted by Crippen LogP contribution is -2.41. The summed E-state index contributed by atoms with van der Waals surface area (Å²) < 4.78 is 0. The van der Waals surface area contributed by atoms with E-state index in [0.717, 1.165) is 12.8 Å². The van der Waals surface area contributed by atoms with Crippen LogP contribution in [0.4, 0.5) is 0 Å². The van der Waals surface area contributed by atoms with Crippen molar-refractivity contribution in [3.05, 3.63) is 0 Å². The lowest BCUT2D eigenvalue weighted by Gasteiger charge is -2.19. The predicted octanol–water partition coefficient (Wildman–Crippen LogP) is 4.82. The zero-order valence-corrected chi connectivity index (χ0v) is 15.2. The number of aliphatic hydroxyl groups excluding tert-OH is 1. The Morgan fingerprint density at radius 3 is 1.73 bits per heavy atom. The minimum atomic E-state index is -0.0970. The van der Waals surface area contributed by atoms with Crippen molar-refractivity contribution >= 4 is 5.91 Å². The lowest BCUT2D eigenvalue weighted by molar-refractivity contribution is -0.122. The van der Waals surface area contributed by atoms with Gasteiger partial charge in [0.05, 0.1) is 12.6 Å². The van der Waals surface area contributed by atoms with Crippen LogP contribution < -0.4 is 5.32 Å². The molecule has 0 unspecified atom stereocenters. The van der Waals surface area contributed by atoms with E-state index >= 15 is 0 Å². The standard InChI is InChI=1S/C19H39NO2/c1-4-5-6-7-8-9-10-11-12-13-14-15-19(22)20-18(16-21)17(2)3/h17-18,21H,4-16H2,1-3H3,(H,20,22)/t18-/m0/s1. The minimum absolute atomic E-state index is 0.0294. The van der Waals surface area contributed by atoms with E-state index in [0.29, 0.717) is 6.42 Å². The summed E-state index contributed by atoms with van der Waals surface area (Å²) in [6, 6.07) is -0.0970. The third-order valence-electron chi connectivity index (χ3n) is 4.36. The Morgan fingerprint density at radius 2 is 1.32 bits per heavy atom. The summed E-state index contributed by atoms with van der Waals surface area (Å²) in [5, 5.41) is 12.1. The fraction of sp³-hybridized carbons (Fsp3) is 0.947. The SMILES string of the molecule is CCCCCCCCCCCCCC(=O)N[C@@H](CO)C(C)C. The summed E-state index contributed by atoms with van der Waals surface area (Å²) in [5.74, 6) is 0.370. The van der Waals surface area contributed by atoms with E-state index in [4.69, 9.17) is 0 Å². The van der Waals surface area contributed by atoms with Crippen LogP contribution in [0.2, 0.25) is 0 Å². The van der Waals surface area contributed by atoms with Crippen LogP contribution in [0.25, 0.3) is 0 Å². The number of hydrogen-bond acceptors (Lipinski definition) is 2. The summed E-state index contributed by atoms with van der Waals surface area (Å²) in [4.78, 5) is 11.8. The highest BCUT2D eigenvalue weighted by molar-refractivity contribution is 5.76. The van der Waals surface area contributed by atoms with Crippen molar-refractivity contribution in [3.63, 3.8) is 0 Å². The molecule has 0 aromatic carbocycles. The Morgan fingerprint density at radius 1 is 0.864 bits per heavy atom.